The maximum atomic E-state index is 12.6. The van der Waals surface area contributed by atoms with Gasteiger partial charge in [-0.3, -0.25) is 0 Å². The molecule has 0 saturated heterocycles. The van der Waals surface area contributed by atoms with Gasteiger partial charge < -0.3 is 14.6 Å². The van der Waals surface area contributed by atoms with Crippen LogP contribution in [-0.2, 0) is 14.3 Å². The van der Waals surface area contributed by atoms with Crippen LogP contribution in [0, 0.1) is 17.8 Å². The molecule has 1 aromatic rings. The van der Waals surface area contributed by atoms with Crippen LogP contribution in [0.15, 0.2) is 36.4 Å². The van der Waals surface area contributed by atoms with E-state index in [0.717, 1.165) is 12.8 Å². The number of aliphatic hydroxyl groups excluding tert-OH is 1. The molecule has 4 atom stereocenters. The van der Waals surface area contributed by atoms with Gasteiger partial charge in [0.1, 0.15) is 12.2 Å². The van der Waals surface area contributed by atoms with Crippen molar-refractivity contribution in [2.24, 2.45) is 17.8 Å². The van der Waals surface area contributed by atoms with Gasteiger partial charge in [0.25, 0.3) is 0 Å². The van der Waals surface area contributed by atoms with Crippen molar-refractivity contribution in [2.75, 3.05) is 7.11 Å². The van der Waals surface area contributed by atoms with Gasteiger partial charge in [-0.15, -0.1) is 0 Å². The quantitative estimate of drug-likeness (QED) is 0.600. The Morgan fingerprint density at radius 3 is 2.37 bits per heavy atom. The predicted molar refractivity (Wildman–Crippen MR) is 103 cm³/mol. The molecule has 1 aromatic carbocycles. The summed E-state index contributed by atoms with van der Waals surface area (Å²) in [6.45, 7) is 10.1. The van der Waals surface area contributed by atoms with E-state index in [9.17, 15) is 14.7 Å². The SMILES string of the molecule is C=C(C(=O)OC)C(O)c1ccc(C(=O)OC2CC(C)CCC2C(C)C)cc1. The number of esters is 2. The Bertz CT molecular complexity index is 676. The molecule has 0 heterocycles. The van der Waals surface area contributed by atoms with Gasteiger partial charge in [-0.2, -0.15) is 0 Å². The van der Waals surface area contributed by atoms with Crippen LogP contribution in [0.2, 0.25) is 0 Å². The van der Waals surface area contributed by atoms with E-state index in [-0.39, 0.29) is 17.6 Å². The highest BCUT2D eigenvalue weighted by Gasteiger charge is 2.33. The van der Waals surface area contributed by atoms with Gasteiger partial charge in [0.05, 0.1) is 18.2 Å². The van der Waals surface area contributed by atoms with Gasteiger partial charge in [0.15, 0.2) is 0 Å². The van der Waals surface area contributed by atoms with E-state index in [2.05, 4.69) is 32.1 Å². The highest BCUT2D eigenvalue weighted by Crippen LogP contribution is 2.35. The lowest BCUT2D eigenvalue weighted by Crippen LogP contribution is -2.35. The molecule has 5 nitrogen and oxygen atoms in total. The summed E-state index contributed by atoms with van der Waals surface area (Å²) in [6.07, 6.45) is 1.91. The minimum absolute atomic E-state index is 0.0520. The van der Waals surface area contributed by atoms with Crippen LogP contribution >= 0.6 is 0 Å². The van der Waals surface area contributed by atoms with Crippen molar-refractivity contribution in [1.29, 1.82) is 0 Å². The number of carbonyl (C=O) groups is 2. The first-order valence-corrected chi connectivity index (χ1v) is 9.50. The second-order valence-electron chi connectivity index (χ2n) is 7.81. The summed E-state index contributed by atoms with van der Waals surface area (Å²) in [4.78, 5) is 24.1. The third-order valence-corrected chi connectivity index (χ3v) is 5.46. The predicted octanol–water partition coefficient (Wildman–Crippen LogP) is 4.07. The summed E-state index contributed by atoms with van der Waals surface area (Å²) in [5.74, 6) is 0.385. The summed E-state index contributed by atoms with van der Waals surface area (Å²) in [7, 11) is 1.23. The van der Waals surface area contributed by atoms with Crippen LogP contribution in [0.1, 0.15) is 62.1 Å². The fraction of sp³-hybridized carbons (Fsp3) is 0.545. The van der Waals surface area contributed by atoms with E-state index in [1.807, 2.05) is 0 Å². The van der Waals surface area contributed by atoms with Gasteiger partial charge in [0.2, 0.25) is 0 Å². The normalized spacial score (nSPS) is 23.6. The van der Waals surface area contributed by atoms with Gasteiger partial charge in [-0.1, -0.05) is 45.9 Å². The zero-order chi connectivity index (χ0) is 20.1. The Labute approximate surface area is 161 Å². The Hall–Kier alpha value is -2.14. The minimum atomic E-state index is -1.17. The number of hydrogen-bond donors (Lipinski definition) is 1. The number of rotatable bonds is 6. The zero-order valence-corrected chi connectivity index (χ0v) is 16.6. The summed E-state index contributed by atoms with van der Waals surface area (Å²) < 4.78 is 10.4. The highest BCUT2D eigenvalue weighted by molar-refractivity contribution is 5.90. The largest absolute Gasteiger partial charge is 0.466 e. The molecule has 0 aromatic heterocycles. The molecule has 0 spiro atoms. The van der Waals surface area contributed by atoms with Gasteiger partial charge in [0, 0.05) is 0 Å². The van der Waals surface area contributed by atoms with Crippen LogP contribution in [0.25, 0.3) is 0 Å². The molecule has 4 unspecified atom stereocenters. The van der Waals surface area contributed by atoms with Crippen molar-refractivity contribution in [1.82, 2.24) is 0 Å². The van der Waals surface area contributed by atoms with Gasteiger partial charge in [-0.05, 0) is 48.3 Å². The summed E-state index contributed by atoms with van der Waals surface area (Å²) in [5.41, 5.74) is 0.840. The monoisotopic (exact) mass is 374 g/mol. The van der Waals surface area contributed by atoms with E-state index in [0.29, 0.717) is 28.9 Å². The van der Waals surface area contributed by atoms with Crippen LogP contribution in [0.5, 0.6) is 0 Å². The van der Waals surface area contributed by atoms with Gasteiger partial charge >= 0.3 is 11.9 Å². The molecular formula is C22H30O5. The van der Waals surface area contributed by atoms with Gasteiger partial charge in [-0.25, -0.2) is 9.59 Å². The smallest absolute Gasteiger partial charge is 0.338 e. The summed E-state index contributed by atoms with van der Waals surface area (Å²) in [5, 5.41) is 10.2. The number of ether oxygens (including phenoxy) is 2. The molecule has 1 fully saturated rings. The average molecular weight is 374 g/mol. The van der Waals surface area contributed by atoms with Crippen molar-refractivity contribution in [3.8, 4) is 0 Å². The zero-order valence-electron chi connectivity index (χ0n) is 16.6. The first-order chi connectivity index (χ1) is 12.7. The Morgan fingerprint density at radius 2 is 1.81 bits per heavy atom. The molecular weight excluding hydrogens is 344 g/mol. The molecule has 0 amide bonds. The number of aliphatic hydroxyl groups is 1. The van der Waals surface area contributed by atoms with Crippen molar-refractivity contribution in [2.45, 2.75) is 52.2 Å². The summed E-state index contributed by atoms with van der Waals surface area (Å²) >= 11 is 0. The Balaban J connectivity index is 2.06. The summed E-state index contributed by atoms with van der Waals surface area (Å²) in [6, 6.07) is 6.39. The topological polar surface area (TPSA) is 72.8 Å². The fourth-order valence-corrected chi connectivity index (χ4v) is 3.70. The number of methoxy groups -OCH3 is 1. The van der Waals surface area contributed by atoms with Crippen molar-refractivity contribution in [3.63, 3.8) is 0 Å². The van der Waals surface area contributed by atoms with Crippen LogP contribution in [-0.4, -0.2) is 30.3 Å². The van der Waals surface area contributed by atoms with E-state index >= 15 is 0 Å². The molecule has 2 rings (SSSR count). The second-order valence-corrected chi connectivity index (χ2v) is 7.81. The van der Waals surface area contributed by atoms with Crippen molar-refractivity contribution >= 4 is 11.9 Å². The molecule has 1 aliphatic rings. The van der Waals surface area contributed by atoms with Crippen LogP contribution in [0.3, 0.4) is 0 Å². The lowest BCUT2D eigenvalue weighted by molar-refractivity contribution is -0.137. The molecule has 1 N–H and O–H groups in total. The molecule has 148 valence electrons. The van der Waals surface area contributed by atoms with E-state index in [1.54, 1.807) is 24.3 Å². The maximum absolute atomic E-state index is 12.6. The van der Waals surface area contributed by atoms with Crippen LogP contribution in [0.4, 0.5) is 0 Å². The highest BCUT2D eigenvalue weighted by atomic mass is 16.5. The van der Waals surface area contributed by atoms with Crippen molar-refractivity contribution < 1.29 is 24.2 Å². The van der Waals surface area contributed by atoms with Crippen LogP contribution < -0.4 is 0 Å². The third kappa shape index (κ3) is 5.19. The molecule has 27 heavy (non-hydrogen) atoms. The maximum Gasteiger partial charge on any atom is 0.338 e. The second kappa shape index (κ2) is 9.18. The molecule has 5 heteroatoms. The lowest BCUT2D eigenvalue weighted by atomic mass is 9.75. The molecule has 0 bridgehead atoms. The van der Waals surface area contributed by atoms with E-state index in [4.69, 9.17) is 4.74 Å². The standard InChI is InChI=1S/C22H30O5/c1-13(2)18-11-6-14(3)12-19(18)27-22(25)17-9-7-16(8-10-17)20(23)15(4)21(24)26-5/h7-10,13-14,18-20,23H,4,6,11-12H2,1-3,5H3. The number of benzene rings is 1. The first kappa shape index (κ1) is 21.2. The number of hydrogen-bond acceptors (Lipinski definition) is 5. The number of carbonyl (C=O) groups excluding carboxylic acids is 2. The average Bonchev–Trinajstić information content (AvgIpc) is 2.66. The molecule has 0 radical (unpaired) electrons. The molecule has 1 saturated carbocycles. The lowest BCUT2D eigenvalue weighted by Gasteiger charge is -2.36. The minimum Gasteiger partial charge on any atom is -0.466 e. The Morgan fingerprint density at radius 1 is 1.19 bits per heavy atom. The third-order valence-electron chi connectivity index (χ3n) is 5.46. The van der Waals surface area contributed by atoms with E-state index < -0.39 is 12.1 Å². The molecule has 1 aliphatic carbocycles. The van der Waals surface area contributed by atoms with E-state index in [1.165, 1.54) is 13.5 Å². The molecule has 0 aliphatic heterocycles. The van der Waals surface area contributed by atoms with Crippen molar-refractivity contribution in [3.05, 3.63) is 47.5 Å². The fourth-order valence-electron chi connectivity index (χ4n) is 3.70. The first-order valence-electron chi connectivity index (χ1n) is 9.50. The Kier molecular flexibility index (Phi) is 7.19.